The number of nitriles is 1. The molecule has 0 saturated carbocycles. The number of methoxy groups -OCH3 is 2. The van der Waals surface area contributed by atoms with E-state index in [2.05, 4.69) is 11.1 Å². The van der Waals surface area contributed by atoms with Crippen LogP contribution in [0.3, 0.4) is 0 Å². The largest absolute Gasteiger partial charge is 0.497 e. The summed E-state index contributed by atoms with van der Waals surface area (Å²) in [5.41, 5.74) is 6.57. The van der Waals surface area contributed by atoms with Crippen LogP contribution in [0.2, 0.25) is 0 Å². The van der Waals surface area contributed by atoms with E-state index >= 15 is 0 Å². The molecule has 0 radical (unpaired) electrons. The van der Waals surface area contributed by atoms with Crippen LogP contribution < -0.4 is 9.47 Å². The van der Waals surface area contributed by atoms with Gasteiger partial charge in [0.05, 0.1) is 26.4 Å². The molecule has 0 amide bonds. The zero-order valence-corrected chi connectivity index (χ0v) is 24.7. The number of esters is 1. The van der Waals surface area contributed by atoms with Crippen molar-refractivity contribution in [1.29, 1.82) is 5.26 Å². The Morgan fingerprint density at radius 2 is 1.60 bits per heavy atom. The molecule has 0 aliphatic heterocycles. The minimum absolute atomic E-state index is 0.202. The van der Waals surface area contributed by atoms with Crippen molar-refractivity contribution in [3.8, 4) is 45.7 Å². The Kier molecular flexibility index (Phi) is 8.44. The van der Waals surface area contributed by atoms with Crippen molar-refractivity contribution in [3.63, 3.8) is 0 Å². The van der Waals surface area contributed by atoms with Gasteiger partial charge in [0.25, 0.3) is 0 Å². The molecule has 2 aromatic heterocycles. The summed E-state index contributed by atoms with van der Waals surface area (Å²) in [6, 6.07) is 26.6. The van der Waals surface area contributed by atoms with Gasteiger partial charge in [-0.2, -0.15) is 5.26 Å². The number of aryl methyl sites for hydroxylation is 1. The number of furan rings is 1. The van der Waals surface area contributed by atoms with Gasteiger partial charge in [0.2, 0.25) is 5.88 Å². The third kappa shape index (κ3) is 5.79. The molecule has 0 bridgehead atoms. The predicted molar refractivity (Wildman–Crippen MR) is 166 cm³/mol. The average Bonchev–Trinajstić information content (AvgIpc) is 3.55. The van der Waals surface area contributed by atoms with E-state index in [1.54, 1.807) is 33.4 Å². The topological polar surface area (TPSA) is 99.0 Å². The van der Waals surface area contributed by atoms with Crippen LogP contribution in [-0.2, 0) is 4.74 Å². The molecule has 43 heavy (non-hydrogen) atoms. The lowest BCUT2D eigenvalue weighted by atomic mass is 9.98. The zero-order chi connectivity index (χ0) is 30.5. The lowest BCUT2D eigenvalue weighted by molar-refractivity contribution is 0.0526. The zero-order valence-electron chi connectivity index (χ0n) is 24.7. The first-order chi connectivity index (χ1) is 20.9. The van der Waals surface area contributed by atoms with Gasteiger partial charge in [0.15, 0.2) is 0 Å². The minimum atomic E-state index is -0.365. The van der Waals surface area contributed by atoms with E-state index in [0.29, 0.717) is 40.6 Å². The van der Waals surface area contributed by atoms with E-state index in [9.17, 15) is 10.1 Å². The Bertz CT molecular complexity index is 1840. The lowest BCUT2D eigenvalue weighted by Gasteiger charge is -2.11. The first-order valence-corrected chi connectivity index (χ1v) is 13.7. The maximum absolute atomic E-state index is 12.3. The van der Waals surface area contributed by atoms with Gasteiger partial charge < -0.3 is 23.2 Å². The van der Waals surface area contributed by atoms with Crippen LogP contribution in [0.15, 0.2) is 88.3 Å². The highest BCUT2D eigenvalue weighted by Gasteiger charge is 2.23. The normalized spacial score (nSPS) is 11.0. The Morgan fingerprint density at radius 1 is 0.953 bits per heavy atom. The first kappa shape index (κ1) is 29.0. The molecule has 3 aromatic carbocycles. The number of rotatable bonds is 9. The van der Waals surface area contributed by atoms with Crippen molar-refractivity contribution in [1.82, 2.24) is 4.57 Å². The number of carbonyl (C=O) groups is 1. The molecule has 216 valence electrons. The van der Waals surface area contributed by atoms with Crippen molar-refractivity contribution in [2.45, 2.75) is 20.8 Å². The molecule has 0 unspecified atom stereocenters. The van der Waals surface area contributed by atoms with E-state index in [0.717, 1.165) is 33.8 Å². The van der Waals surface area contributed by atoms with Gasteiger partial charge in [-0.1, -0.05) is 18.2 Å². The lowest BCUT2D eigenvalue weighted by Crippen LogP contribution is -2.06. The van der Waals surface area contributed by atoms with Gasteiger partial charge >= 0.3 is 5.97 Å². The molecule has 0 saturated heterocycles. The smallest absolute Gasteiger partial charge is 0.338 e. The second-order valence-electron chi connectivity index (χ2n) is 9.75. The number of nitrogens with zero attached hydrogens (tertiary/aromatic N) is 3. The standard InChI is InChI=1S/C35H31N3O5/c1-6-42-35(39)26-8-7-9-28(19-26)38-22(2)18-27(23(38)3)21-37-34-31(20-36)32(24-10-14-29(40-4)15-11-24)33(43-34)25-12-16-30(41-5)17-13-25/h7-19,21H,6H2,1-5H3. The summed E-state index contributed by atoms with van der Waals surface area (Å²) in [4.78, 5) is 17.0. The Labute approximate surface area is 250 Å². The van der Waals surface area contributed by atoms with Gasteiger partial charge in [-0.3, -0.25) is 0 Å². The molecular weight excluding hydrogens is 542 g/mol. The summed E-state index contributed by atoms with van der Waals surface area (Å²) in [5.74, 6) is 1.78. The summed E-state index contributed by atoms with van der Waals surface area (Å²) in [5, 5.41) is 10.3. The van der Waals surface area contributed by atoms with Gasteiger partial charge in [0, 0.05) is 40.0 Å². The molecule has 0 atom stereocenters. The monoisotopic (exact) mass is 573 g/mol. The Balaban J connectivity index is 1.58. The summed E-state index contributed by atoms with van der Waals surface area (Å²) in [6.45, 7) is 6.05. The summed E-state index contributed by atoms with van der Waals surface area (Å²) in [7, 11) is 3.22. The van der Waals surface area contributed by atoms with E-state index in [4.69, 9.17) is 18.6 Å². The number of benzene rings is 3. The molecular formula is C35H31N3O5. The van der Waals surface area contributed by atoms with Crippen LogP contribution in [0.4, 0.5) is 5.88 Å². The number of carbonyl (C=O) groups excluding carboxylic acids is 1. The molecule has 0 spiro atoms. The van der Waals surface area contributed by atoms with Crippen LogP contribution in [0, 0.1) is 25.2 Å². The van der Waals surface area contributed by atoms with Crippen molar-refractivity contribution < 1.29 is 23.4 Å². The number of hydrogen-bond donors (Lipinski definition) is 0. The van der Waals surface area contributed by atoms with E-state index in [1.165, 1.54) is 0 Å². The summed E-state index contributed by atoms with van der Waals surface area (Å²) >= 11 is 0. The molecule has 5 aromatic rings. The molecule has 0 aliphatic rings. The van der Waals surface area contributed by atoms with Crippen molar-refractivity contribution >= 4 is 18.1 Å². The summed E-state index contributed by atoms with van der Waals surface area (Å²) in [6.07, 6.45) is 1.70. The maximum Gasteiger partial charge on any atom is 0.338 e. The molecule has 8 heteroatoms. The summed E-state index contributed by atoms with van der Waals surface area (Å²) < 4.78 is 24.2. The van der Waals surface area contributed by atoms with Crippen molar-refractivity contribution in [3.05, 3.63) is 107 Å². The van der Waals surface area contributed by atoms with Gasteiger partial charge in [-0.05, 0) is 87.0 Å². The number of hydrogen-bond acceptors (Lipinski definition) is 7. The molecule has 0 aliphatic carbocycles. The van der Waals surface area contributed by atoms with E-state index in [1.807, 2.05) is 91.2 Å². The highest BCUT2D eigenvalue weighted by Crippen LogP contribution is 2.43. The first-order valence-electron chi connectivity index (χ1n) is 13.7. The van der Waals surface area contributed by atoms with Crippen LogP contribution >= 0.6 is 0 Å². The highest BCUT2D eigenvalue weighted by molar-refractivity contribution is 5.91. The van der Waals surface area contributed by atoms with Crippen molar-refractivity contribution in [2.24, 2.45) is 4.99 Å². The minimum Gasteiger partial charge on any atom is -0.497 e. The fraction of sp³-hybridized carbons (Fsp3) is 0.171. The van der Waals surface area contributed by atoms with Gasteiger partial charge in [0.1, 0.15) is 28.9 Å². The Hall–Kier alpha value is -5.55. The number of ether oxygens (including phenoxy) is 3. The van der Waals surface area contributed by atoms with Crippen molar-refractivity contribution in [2.75, 3.05) is 20.8 Å². The van der Waals surface area contributed by atoms with Crippen LogP contribution in [-0.4, -0.2) is 37.6 Å². The molecule has 0 fully saturated rings. The number of aromatic nitrogens is 1. The second kappa shape index (κ2) is 12.5. The molecule has 2 heterocycles. The Morgan fingerprint density at radius 3 is 2.21 bits per heavy atom. The number of aliphatic imine (C=N–C) groups is 1. The molecule has 5 rings (SSSR count). The van der Waals surface area contributed by atoms with Gasteiger partial charge in [-0.15, -0.1) is 0 Å². The molecule has 8 nitrogen and oxygen atoms in total. The average molecular weight is 574 g/mol. The second-order valence-corrected chi connectivity index (χ2v) is 9.75. The third-order valence-electron chi connectivity index (χ3n) is 7.14. The van der Waals surface area contributed by atoms with Crippen LogP contribution in [0.1, 0.15) is 39.8 Å². The fourth-order valence-electron chi connectivity index (χ4n) is 5.02. The fourth-order valence-corrected chi connectivity index (χ4v) is 5.02. The van der Waals surface area contributed by atoms with Gasteiger partial charge in [-0.25, -0.2) is 9.79 Å². The van der Waals surface area contributed by atoms with Crippen LogP contribution in [0.25, 0.3) is 28.1 Å². The molecule has 0 N–H and O–H groups in total. The third-order valence-corrected chi connectivity index (χ3v) is 7.14. The maximum atomic E-state index is 12.3. The quantitative estimate of drug-likeness (QED) is 0.132. The predicted octanol–water partition coefficient (Wildman–Crippen LogP) is 7.84. The van der Waals surface area contributed by atoms with E-state index in [-0.39, 0.29) is 11.9 Å². The SMILES string of the molecule is CCOC(=O)c1cccc(-n2c(C)cc(C=Nc3oc(-c4ccc(OC)cc4)c(-c4ccc(OC)cc4)c3C#N)c2C)c1. The van der Waals surface area contributed by atoms with E-state index < -0.39 is 0 Å². The van der Waals surface area contributed by atoms with Crippen LogP contribution in [0.5, 0.6) is 11.5 Å². The highest BCUT2D eigenvalue weighted by atomic mass is 16.5.